The Hall–Kier alpha value is -1.53. The number of halogens is 2. The first kappa shape index (κ1) is 15.9. The van der Waals surface area contributed by atoms with Crippen LogP contribution in [0.2, 0.25) is 0 Å². The number of thioether (sulfide) groups is 1. The smallest absolute Gasteiger partial charge is 0.234 e. The molecule has 2 aromatic rings. The van der Waals surface area contributed by atoms with Crippen LogP contribution in [-0.2, 0) is 4.79 Å². The molecule has 2 rings (SSSR count). The van der Waals surface area contributed by atoms with Crippen LogP contribution in [0.5, 0.6) is 0 Å². The zero-order valence-electron chi connectivity index (χ0n) is 11.3. The highest BCUT2D eigenvalue weighted by molar-refractivity contribution is 9.10. The lowest BCUT2D eigenvalue weighted by Gasteiger charge is -2.09. The molecule has 0 spiro atoms. The van der Waals surface area contributed by atoms with E-state index in [1.165, 1.54) is 30.0 Å². The van der Waals surface area contributed by atoms with E-state index < -0.39 is 0 Å². The molecule has 0 unspecified atom stereocenters. The van der Waals surface area contributed by atoms with Crippen molar-refractivity contribution >= 4 is 45.0 Å². The third-order valence-corrected chi connectivity index (χ3v) is 4.46. The van der Waals surface area contributed by atoms with Crippen molar-refractivity contribution in [3.63, 3.8) is 0 Å². The molecule has 0 bridgehead atoms. The molecule has 0 atom stereocenters. The number of nitrogens with two attached hydrogens (primary N) is 1. The summed E-state index contributed by atoms with van der Waals surface area (Å²) >= 11 is 4.61. The maximum Gasteiger partial charge on any atom is 0.234 e. The van der Waals surface area contributed by atoms with E-state index in [-0.39, 0.29) is 17.5 Å². The summed E-state index contributed by atoms with van der Waals surface area (Å²) in [6.45, 7) is 1.97. The van der Waals surface area contributed by atoms with Crippen molar-refractivity contribution in [2.75, 3.05) is 16.8 Å². The molecule has 2 aromatic carbocycles. The highest BCUT2D eigenvalue weighted by atomic mass is 79.9. The molecule has 0 radical (unpaired) electrons. The lowest BCUT2D eigenvalue weighted by molar-refractivity contribution is -0.113. The summed E-state index contributed by atoms with van der Waals surface area (Å²) in [7, 11) is 0. The summed E-state index contributed by atoms with van der Waals surface area (Å²) in [5, 5.41) is 2.80. The van der Waals surface area contributed by atoms with Gasteiger partial charge in [0.1, 0.15) is 5.82 Å². The van der Waals surface area contributed by atoms with Crippen LogP contribution >= 0.6 is 27.7 Å². The summed E-state index contributed by atoms with van der Waals surface area (Å²) in [4.78, 5) is 12.5. The second-order valence-corrected chi connectivity index (χ2v) is 6.37. The number of benzene rings is 2. The summed E-state index contributed by atoms with van der Waals surface area (Å²) < 4.78 is 14.0. The molecular formula is C15H14BrFN2OS. The predicted octanol–water partition coefficient (Wildman–Crippen LogP) is 4.21. The van der Waals surface area contributed by atoms with Crippen molar-refractivity contribution in [3.05, 3.63) is 52.3 Å². The fraction of sp³-hybridized carbons (Fsp3) is 0.133. The Balaban J connectivity index is 1.97. The SMILES string of the molecule is Cc1ccc(NC(=O)CSc2cc(F)ccc2N)c(Br)c1. The van der Waals surface area contributed by atoms with Gasteiger partial charge in [0.25, 0.3) is 0 Å². The van der Waals surface area contributed by atoms with Crippen molar-refractivity contribution < 1.29 is 9.18 Å². The van der Waals surface area contributed by atoms with E-state index in [1.807, 2.05) is 25.1 Å². The zero-order chi connectivity index (χ0) is 15.4. The van der Waals surface area contributed by atoms with Crippen molar-refractivity contribution in [2.24, 2.45) is 0 Å². The molecule has 0 aliphatic rings. The number of hydrogen-bond donors (Lipinski definition) is 2. The molecule has 0 fully saturated rings. The van der Waals surface area contributed by atoms with Gasteiger partial charge in [-0.15, -0.1) is 11.8 Å². The monoisotopic (exact) mass is 368 g/mol. The van der Waals surface area contributed by atoms with Crippen molar-refractivity contribution in [1.82, 2.24) is 0 Å². The molecule has 0 heterocycles. The Morgan fingerprint density at radius 2 is 2.10 bits per heavy atom. The minimum atomic E-state index is -0.367. The predicted molar refractivity (Wildman–Crippen MR) is 89.0 cm³/mol. The third kappa shape index (κ3) is 4.47. The minimum Gasteiger partial charge on any atom is -0.398 e. The normalized spacial score (nSPS) is 10.4. The van der Waals surface area contributed by atoms with Crippen LogP contribution in [0.25, 0.3) is 0 Å². The Morgan fingerprint density at radius 3 is 2.81 bits per heavy atom. The second kappa shape index (κ2) is 6.95. The van der Waals surface area contributed by atoms with Gasteiger partial charge in [-0.25, -0.2) is 4.39 Å². The molecule has 3 nitrogen and oxygen atoms in total. The lowest BCUT2D eigenvalue weighted by atomic mass is 10.2. The number of rotatable bonds is 4. The Morgan fingerprint density at radius 1 is 1.33 bits per heavy atom. The number of hydrogen-bond acceptors (Lipinski definition) is 3. The van der Waals surface area contributed by atoms with E-state index in [0.29, 0.717) is 16.3 Å². The third-order valence-electron chi connectivity index (χ3n) is 2.73. The van der Waals surface area contributed by atoms with Crippen LogP contribution in [0, 0.1) is 12.7 Å². The molecule has 0 saturated carbocycles. The van der Waals surface area contributed by atoms with Crippen LogP contribution in [0.1, 0.15) is 5.56 Å². The van der Waals surface area contributed by atoms with Gasteiger partial charge in [-0.05, 0) is 58.7 Å². The van der Waals surface area contributed by atoms with Gasteiger partial charge >= 0.3 is 0 Å². The summed E-state index contributed by atoms with van der Waals surface area (Å²) in [6, 6.07) is 9.79. The quantitative estimate of drug-likeness (QED) is 0.627. The molecule has 3 N–H and O–H groups in total. The van der Waals surface area contributed by atoms with E-state index in [1.54, 1.807) is 0 Å². The second-order valence-electron chi connectivity index (χ2n) is 4.50. The van der Waals surface area contributed by atoms with Crippen LogP contribution in [0.15, 0.2) is 45.8 Å². The van der Waals surface area contributed by atoms with E-state index in [9.17, 15) is 9.18 Å². The number of nitrogens with one attached hydrogen (secondary N) is 1. The highest BCUT2D eigenvalue weighted by Crippen LogP contribution is 2.27. The zero-order valence-corrected chi connectivity index (χ0v) is 13.7. The van der Waals surface area contributed by atoms with E-state index >= 15 is 0 Å². The van der Waals surface area contributed by atoms with E-state index in [0.717, 1.165) is 10.0 Å². The first-order valence-corrected chi connectivity index (χ1v) is 7.97. The summed E-state index contributed by atoms with van der Waals surface area (Å²) in [5.74, 6) is -0.379. The molecule has 0 aliphatic carbocycles. The fourth-order valence-corrected chi connectivity index (χ4v) is 3.07. The van der Waals surface area contributed by atoms with E-state index in [4.69, 9.17) is 5.73 Å². The van der Waals surface area contributed by atoms with Crippen molar-refractivity contribution in [2.45, 2.75) is 11.8 Å². The van der Waals surface area contributed by atoms with Gasteiger partial charge in [-0.1, -0.05) is 6.07 Å². The first-order chi connectivity index (χ1) is 9.95. The van der Waals surface area contributed by atoms with Crippen molar-refractivity contribution in [1.29, 1.82) is 0 Å². The molecular weight excluding hydrogens is 355 g/mol. The number of amides is 1. The summed E-state index contributed by atoms with van der Waals surface area (Å²) in [6.07, 6.45) is 0. The maximum absolute atomic E-state index is 13.1. The van der Waals surface area contributed by atoms with Crippen LogP contribution in [0.3, 0.4) is 0 Å². The number of anilines is 2. The lowest BCUT2D eigenvalue weighted by Crippen LogP contribution is -2.14. The van der Waals surface area contributed by atoms with Gasteiger partial charge in [0.15, 0.2) is 0 Å². The first-order valence-electron chi connectivity index (χ1n) is 6.19. The molecule has 0 saturated heterocycles. The van der Waals surface area contributed by atoms with Gasteiger partial charge in [0.05, 0.1) is 11.4 Å². The molecule has 21 heavy (non-hydrogen) atoms. The number of carbonyl (C=O) groups is 1. The Kier molecular flexibility index (Phi) is 5.25. The van der Waals surface area contributed by atoms with Gasteiger partial charge in [-0.3, -0.25) is 4.79 Å². The largest absolute Gasteiger partial charge is 0.398 e. The van der Waals surface area contributed by atoms with Gasteiger partial charge in [0, 0.05) is 15.1 Å². The van der Waals surface area contributed by atoms with Gasteiger partial charge in [-0.2, -0.15) is 0 Å². The Bertz CT molecular complexity index is 679. The minimum absolute atomic E-state index is 0.161. The standard InChI is InChI=1S/C15H14BrFN2OS/c1-9-2-5-13(11(16)6-9)19-15(20)8-21-14-7-10(17)3-4-12(14)18/h2-7H,8,18H2,1H3,(H,19,20). The van der Waals surface area contributed by atoms with Gasteiger partial charge < -0.3 is 11.1 Å². The fourth-order valence-electron chi connectivity index (χ4n) is 1.68. The van der Waals surface area contributed by atoms with Crippen LogP contribution in [-0.4, -0.2) is 11.7 Å². The number of aryl methyl sites for hydroxylation is 1. The van der Waals surface area contributed by atoms with Gasteiger partial charge in [0.2, 0.25) is 5.91 Å². The average Bonchev–Trinajstić information content (AvgIpc) is 2.43. The van der Waals surface area contributed by atoms with E-state index in [2.05, 4.69) is 21.2 Å². The molecule has 110 valence electrons. The Labute approximate surface area is 135 Å². The van der Waals surface area contributed by atoms with Crippen molar-refractivity contribution in [3.8, 4) is 0 Å². The maximum atomic E-state index is 13.1. The summed E-state index contributed by atoms with van der Waals surface area (Å²) in [5.41, 5.74) is 8.01. The molecule has 0 aromatic heterocycles. The number of nitrogen functional groups attached to an aromatic ring is 1. The molecule has 0 aliphatic heterocycles. The topological polar surface area (TPSA) is 55.1 Å². The highest BCUT2D eigenvalue weighted by Gasteiger charge is 2.08. The number of carbonyl (C=O) groups excluding carboxylic acids is 1. The van der Waals surface area contributed by atoms with Crippen LogP contribution in [0.4, 0.5) is 15.8 Å². The molecule has 6 heteroatoms. The van der Waals surface area contributed by atoms with Crippen LogP contribution < -0.4 is 11.1 Å². The average molecular weight is 369 g/mol. The molecule has 1 amide bonds.